The van der Waals surface area contributed by atoms with Crippen molar-refractivity contribution in [2.75, 3.05) is 39.0 Å². The van der Waals surface area contributed by atoms with Crippen LogP contribution in [0.3, 0.4) is 0 Å². The molecule has 1 aromatic rings. The third-order valence-corrected chi connectivity index (χ3v) is 5.07. The molecule has 0 spiro atoms. The molecule has 0 radical (unpaired) electrons. The minimum absolute atomic E-state index is 0.124. The Hall–Kier alpha value is -2.98. The third kappa shape index (κ3) is 4.91. The number of carbonyl (C=O) groups excluding carboxylic acids is 3. The van der Waals surface area contributed by atoms with Gasteiger partial charge in [0.15, 0.2) is 6.79 Å². The van der Waals surface area contributed by atoms with E-state index in [2.05, 4.69) is 9.60 Å². The summed E-state index contributed by atoms with van der Waals surface area (Å²) in [6.45, 7) is 1.48. The molecular weight excluding hydrogens is 452 g/mol. The van der Waals surface area contributed by atoms with E-state index in [1.807, 2.05) is 0 Å². The van der Waals surface area contributed by atoms with Gasteiger partial charge in [-0.15, -0.1) is 4.28 Å². The summed E-state index contributed by atoms with van der Waals surface area (Å²) in [4.78, 5) is 37.5. The first-order chi connectivity index (χ1) is 15.0. The molecule has 14 nitrogen and oxygen atoms in total. The van der Waals surface area contributed by atoms with Crippen molar-refractivity contribution in [1.82, 2.24) is 9.96 Å². The van der Waals surface area contributed by atoms with Crippen molar-refractivity contribution in [3.05, 3.63) is 23.3 Å². The number of carbonyl (C=O) groups is 3. The number of nitrogens with two attached hydrogens (primary N) is 1. The molecule has 2 bridgehead atoms. The molecule has 32 heavy (non-hydrogen) atoms. The summed E-state index contributed by atoms with van der Waals surface area (Å²) >= 11 is 0. The summed E-state index contributed by atoms with van der Waals surface area (Å²) in [6.07, 6.45) is 0. The highest BCUT2D eigenvalue weighted by atomic mass is 32.3. The van der Waals surface area contributed by atoms with Crippen LogP contribution in [0.5, 0.6) is 5.75 Å². The lowest BCUT2D eigenvalue weighted by Crippen LogP contribution is -2.41. The van der Waals surface area contributed by atoms with Crippen molar-refractivity contribution in [3.8, 4) is 5.75 Å². The summed E-state index contributed by atoms with van der Waals surface area (Å²) in [5.74, 6) is -1.20. The number of hydrogen-bond donors (Lipinski definition) is 3. The number of nitrogens with zero attached hydrogens (tertiary/aromatic N) is 2. The molecule has 1 saturated heterocycles. The number of ether oxygens (including phenoxy) is 3. The first-order valence-corrected chi connectivity index (χ1v) is 10.6. The summed E-state index contributed by atoms with van der Waals surface area (Å²) in [5, 5.41) is 3.00. The Kier molecular flexibility index (Phi) is 6.85. The standard InChI is InChI=1S/C17H22N4O10S/c1-9(22)19-12-5-11-10(6-14(12)30-8-29-4-3-28-2)13-7-20(15(11)16(18)23)17(24)21(13)31-32(25,26)27/h5-6,13,15H,3-4,7-8H2,1-2H3,(H2,18,23)(H,19,22)(H,25,26,27). The number of rotatable bonds is 10. The number of benzene rings is 1. The molecule has 2 aliphatic rings. The number of urea groups is 1. The second kappa shape index (κ2) is 9.25. The zero-order valence-corrected chi connectivity index (χ0v) is 18.0. The topological polar surface area (TPSA) is 187 Å². The zero-order chi connectivity index (χ0) is 23.6. The van der Waals surface area contributed by atoms with Crippen LogP contribution in [-0.4, -0.2) is 74.4 Å². The molecule has 1 fully saturated rings. The highest BCUT2D eigenvalue weighted by molar-refractivity contribution is 7.80. The Balaban J connectivity index is 2.04. The minimum Gasteiger partial charge on any atom is -0.465 e. The van der Waals surface area contributed by atoms with Crippen LogP contribution in [0, 0.1) is 0 Å². The SMILES string of the molecule is COCCOCOc1cc2c(cc1NC(C)=O)C(C(N)=O)N1CC2N(OS(=O)(=O)O)C1=O. The Bertz CT molecular complexity index is 1030. The highest BCUT2D eigenvalue weighted by Gasteiger charge is 2.52. The molecule has 3 rings (SSSR count). The van der Waals surface area contributed by atoms with Gasteiger partial charge < -0.3 is 30.2 Å². The number of fused-ring (bicyclic) bond motifs is 4. The van der Waals surface area contributed by atoms with Gasteiger partial charge in [0.1, 0.15) is 17.8 Å². The predicted molar refractivity (Wildman–Crippen MR) is 105 cm³/mol. The average Bonchev–Trinajstić information content (AvgIpc) is 2.93. The molecule has 2 aliphatic heterocycles. The van der Waals surface area contributed by atoms with Gasteiger partial charge in [-0.25, -0.2) is 4.79 Å². The first kappa shape index (κ1) is 23.7. The van der Waals surface area contributed by atoms with Crippen molar-refractivity contribution in [1.29, 1.82) is 0 Å². The summed E-state index contributed by atoms with van der Waals surface area (Å²) in [5.41, 5.74) is 6.20. The number of nitrogens with one attached hydrogen (secondary N) is 1. The maximum absolute atomic E-state index is 12.7. The van der Waals surface area contributed by atoms with E-state index in [4.69, 9.17) is 24.5 Å². The van der Waals surface area contributed by atoms with E-state index < -0.39 is 40.3 Å². The summed E-state index contributed by atoms with van der Waals surface area (Å²) < 4.78 is 51.7. The van der Waals surface area contributed by atoms with Gasteiger partial charge >= 0.3 is 16.4 Å². The van der Waals surface area contributed by atoms with Crippen LogP contribution in [0.25, 0.3) is 0 Å². The van der Waals surface area contributed by atoms with E-state index in [9.17, 15) is 22.8 Å². The molecule has 0 saturated carbocycles. The fraction of sp³-hybridized carbons (Fsp3) is 0.471. The maximum Gasteiger partial charge on any atom is 0.418 e. The van der Waals surface area contributed by atoms with Gasteiger partial charge in [0.05, 0.1) is 25.4 Å². The summed E-state index contributed by atoms with van der Waals surface area (Å²) in [7, 11) is -3.53. The normalized spacial score (nSPS) is 19.7. The fourth-order valence-electron chi connectivity index (χ4n) is 3.55. The molecule has 2 atom stereocenters. The Labute approximate surface area is 183 Å². The lowest BCUT2D eigenvalue weighted by molar-refractivity contribution is -0.122. The molecule has 4 N–H and O–H groups in total. The second-order valence-corrected chi connectivity index (χ2v) is 7.91. The van der Waals surface area contributed by atoms with Crippen molar-refractivity contribution in [2.45, 2.75) is 19.0 Å². The van der Waals surface area contributed by atoms with Gasteiger partial charge in [0.25, 0.3) is 0 Å². The van der Waals surface area contributed by atoms with Crippen molar-refractivity contribution in [3.63, 3.8) is 0 Å². The van der Waals surface area contributed by atoms with E-state index >= 15 is 0 Å². The summed E-state index contributed by atoms with van der Waals surface area (Å²) in [6, 6.07) is -0.461. The van der Waals surface area contributed by atoms with Crippen LogP contribution >= 0.6 is 0 Å². The van der Waals surface area contributed by atoms with E-state index in [1.165, 1.54) is 26.2 Å². The van der Waals surface area contributed by atoms with Crippen LogP contribution in [0.2, 0.25) is 0 Å². The van der Waals surface area contributed by atoms with Gasteiger partial charge in [-0.1, -0.05) is 0 Å². The van der Waals surface area contributed by atoms with Crippen molar-refractivity contribution in [2.24, 2.45) is 5.73 Å². The van der Waals surface area contributed by atoms with Crippen LogP contribution < -0.4 is 15.8 Å². The lowest BCUT2D eigenvalue weighted by Gasteiger charge is -2.31. The fourth-order valence-corrected chi connectivity index (χ4v) is 3.92. The monoisotopic (exact) mass is 474 g/mol. The van der Waals surface area contributed by atoms with Crippen LogP contribution in [0.1, 0.15) is 30.1 Å². The minimum atomic E-state index is -5.03. The lowest BCUT2D eigenvalue weighted by atomic mass is 9.89. The number of anilines is 1. The van der Waals surface area contributed by atoms with Gasteiger partial charge in [0, 0.05) is 14.0 Å². The third-order valence-electron chi connectivity index (χ3n) is 4.72. The van der Waals surface area contributed by atoms with Crippen LogP contribution in [-0.2, 0) is 33.7 Å². The highest BCUT2D eigenvalue weighted by Crippen LogP contribution is 2.47. The van der Waals surface area contributed by atoms with Crippen LogP contribution in [0.4, 0.5) is 10.5 Å². The zero-order valence-electron chi connectivity index (χ0n) is 17.1. The molecular formula is C17H22N4O10S. The molecule has 4 amide bonds. The van der Waals surface area contributed by atoms with Gasteiger partial charge in [0.2, 0.25) is 11.8 Å². The number of hydroxylamine groups is 2. The predicted octanol–water partition coefficient (Wildman–Crippen LogP) is -0.303. The Morgan fingerprint density at radius 3 is 2.59 bits per heavy atom. The van der Waals surface area contributed by atoms with E-state index in [1.54, 1.807) is 0 Å². The Morgan fingerprint density at radius 2 is 2.00 bits per heavy atom. The van der Waals surface area contributed by atoms with E-state index in [-0.39, 0.29) is 42.5 Å². The van der Waals surface area contributed by atoms with E-state index in [0.29, 0.717) is 11.7 Å². The largest absolute Gasteiger partial charge is 0.465 e. The first-order valence-electron chi connectivity index (χ1n) is 9.24. The van der Waals surface area contributed by atoms with E-state index in [0.717, 1.165) is 4.90 Å². The molecule has 2 unspecified atom stereocenters. The average molecular weight is 474 g/mol. The van der Waals surface area contributed by atoms with Crippen molar-refractivity contribution < 1.29 is 45.8 Å². The molecule has 15 heteroatoms. The molecule has 176 valence electrons. The number of primary amides is 1. The quantitative estimate of drug-likeness (QED) is 0.231. The Morgan fingerprint density at radius 1 is 1.28 bits per heavy atom. The number of methoxy groups -OCH3 is 1. The van der Waals surface area contributed by atoms with Crippen LogP contribution in [0.15, 0.2) is 12.1 Å². The molecule has 2 heterocycles. The second-order valence-electron chi connectivity index (χ2n) is 6.91. The molecule has 0 aromatic heterocycles. The number of amides is 4. The smallest absolute Gasteiger partial charge is 0.418 e. The number of hydrogen-bond acceptors (Lipinski definition) is 9. The maximum atomic E-state index is 12.7. The molecule has 1 aromatic carbocycles. The molecule has 0 aliphatic carbocycles. The van der Waals surface area contributed by atoms with Crippen molar-refractivity contribution >= 4 is 33.9 Å². The van der Waals surface area contributed by atoms with Gasteiger partial charge in [-0.05, 0) is 23.3 Å². The van der Waals surface area contributed by atoms with Gasteiger partial charge in [-0.3, -0.25) is 14.1 Å². The van der Waals surface area contributed by atoms with Gasteiger partial charge in [-0.2, -0.15) is 13.5 Å².